The first-order chi connectivity index (χ1) is 28.6. The number of amides is 3. The van der Waals surface area contributed by atoms with E-state index in [9.17, 15) is 29.4 Å². The Morgan fingerprint density at radius 3 is 2.41 bits per heavy atom. The number of aromatic hydroxyl groups is 1. The van der Waals surface area contributed by atoms with Gasteiger partial charge in [0.2, 0.25) is 11.8 Å². The minimum absolute atomic E-state index is 0.0315. The second-order valence-corrected chi connectivity index (χ2v) is 16.6. The molecule has 5 aromatic rings. The van der Waals surface area contributed by atoms with E-state index in [1.165, 1.54) is 6.07 Å². The van der Waals surface area contributed by atoms with Crippen LogP contribution >= 0.6 is 11.3 Å². The minimum Gasteiger partial charge on any atom is -0.506 e. The second kappa shape index (κ2) is 19.5. The third-order valence-electron chi connectivity index (χ3n) is 11.4. The van der Waals surface area contributed by atoms with Crippen molar-refractivity contribution in [1.82, 2.24) is 20.1 Å². The Morgan fingerprint density at radius 1 is 0.915 bits per heavy atom. The van der Waals surface area contributed by atoms with Crippen LogP contribution in [0.4, 0.5) is 16.2 Å². The molecule has 13 nitrogen and oxygen atoms in total. The highest BCUT2D eigenvalue weighted by atomic mass is 32.1. The zero-order chi connectivity index (χ0) is 41.3. The monoisotopic (exact) mass is 820 g/mol. The van der Waals surface area contributed by atoms with Crippen LogP contribution in [-0.2, 0) is 20.9 Å². The highest BCUT2D eigenvalue weighted by Gasteiger charge is 2.42. The van der Waals surface area contributed by atoms with Gasteiger partial charge in [0.1, 0.15) is 17.4 Å². The number of carbonyl (C=O) groups excluding carboxylic acids is 3. The van der Waals surface area contributed by atoms with Gasteiger partial charge < -0.3 is 40.4 Å². The summed E-state index contributed by atoms with van der Waals surface area (Å²) in [5.41, 5.74) is 5.27. The molecule has 0 radical (unpaired) electrons. The number of aliphatic hydroxyl groups excluding tert-OH is 1. The van der Waals surface area contributed by atoms with Gasteiger partial charge in [-0.1, -0.05) is 78.1 Å². The molecule has 7 rings (SSSR count). The van der Waals surface area contributed by atoms with Crippen molar-refractivity contribution in [3.63, 3.8) is 0 Å². The van der Waals surface area contributed by atoms with Gasteiger partial charge in [-0.25, -0.2) is 4.79 Å². The summed E-state index contributed by atoms with van der Waals surface area (Å²) in [7, 11) is 1.82. The number of unbranched alkanes of at least 4 members (excludes halogenated alkanes) is 1. The molecule has 14 heteroatoms. The van der Waals surface area contributed by atoms with Gasteiger partial charge in [-0.15, -0.1) is 0 Å². The summed E-state index contributed by atoms with van der Waals surface area (Å²) in [5, 5.41) is 29.8. The van der Waals surface area contributed by atoms with Gasteiger partial charge in [-0.2, -0.15) is 0 Å². The quantitative estimate of drug-likeness (QED) is 0.0558. The number of aromatic nitrogens is 1. The van der Waals surface area contributed by atoms with E-state index in [1.54, 1.807) is 11.0 Å². The van der Waals surface area contributed by atoms with Crippen LogP contribution in [0.25, 0.3) is 21.3 Å². The van der Waals surface area contributed by atoms with Gasteiger partial charge in [-0.3, -0.25) is 19.7 Å². The molecule has 1 aliphatic carbocycles. The van der Waals surface area contributed by atoms with Crippen molar-refractivity contribution in [2.24, 2.45) is 11.8 Å². The predicted octanol–water partition coefficient (Wildman–Crippen LogP) is 6.70. The minimum atomic E-state index is -0.869. The van der Waals surface area contributed by atoms with Crippen LogP contribution in [0.1, 0.15) is 55.8 Å². The molecular formula is C45H52N6O7S. The molecule has 1 saturated carbocycles. The average molecular weight is 821 g/mol. The second-order valence-electron chi connectivity index (χ2n) is 15.6. The third-order valence-corrected chi connectivity index (χ3v) is 12.3. The van der Waals surface area contributed by atoms with Gasteiger partial charge >= 0.3 is 11.0 Å². The maximum atomic E-state index is 12.9. The Morgan fingerprint density at radius 2 is 1.64 bits per heavy atom. The van der Waals surface area contributed by atoms with Crippen LogP contribution in [0.15, 0.2) is 95.8 Å². The lowest BCUT2D eigenvalue weighted by Gasteiger charge is -2.21. The molecule has 59 heavy (non-hydrogen) atoms. The van der Waals surface area contributed by atoms with Gasteiger partial charge in [0.25, 0.3) is 0 Å². The molecule has 6 N–H and O–H groups in total. The maximum absolute atomic E-state index is 12.9. The number of aliphatic hydroxyl groups is 1. The lowest BCUT2D eigenvalue weighted by atomic mass is 10.0. The van der Waals surface area contributed by atoms with Crippen molar-refractivity contribution in [3.8, 4) is 16.9 Å². The number of likely N-dealkylation sites (tertiary alicyclic amines) is 1. The summed E-state index contributed by atoms with van der Waals surface area (Å²) >= 11 is 0.953. The Hall–Kier alpha value is -5.54. The average Bonchev–Trinajstić information content (AvgIpc) is 3.93. The van der Waals surface area contributed by atoms with Crippen LogP contribution < -0.4 is 20.8 Å². The molecule has 2 fully saturated rings. The van der Waals surface area contributed by atoms with Crippen molar-refractivity contribution in [2.45, 2.75) is 57.3 Å². The molecule has 310 valence electrons. The number of phenolic OH excluding ortho intramolecular Hbond substituents is 1. The van der Waals surface area contributed by atoms with Crippen LogP contribution in [0, 0.1) is 11.8 Å². The number of H-pyrrole nitrogens is 1. The van der Waals surface area contributed by atoms with E-state index >= 15 is 0 Å². The fraction of sp³-hybridized carbons (Fsp3) is 0.378. The van der Waals surface area contributed by atoms with E-state index in [0.717, 1.165) is 66.1 Å². The molecule has 1 aliphatic heterocycles. The normalized spacial score (nSPS) is 18.0. The highest BCUT2D eigenvalue weighted by molar-refractivity contribution is 7.16. The van der Waals surface area contributed by atoms with Crippen molar-refractivity contribution in [3.05, 3.63) is 112 Å². The first kappa shape index (κ1) is 41.6. The lowest BCUT2D eigenvalue weighted by Crippen LogP contribution is -2.33. The van der Waals surface area contributed by atoms with E-state index in [1.807, 2.05) is 85.9 Å². The molecule has 4 aromatic carbocycles. The Balaban J connectivity index is 0.736. The highest BCUT2D eigenvalue weighted by Crippen LogP contribution is 2.40. The van der Waals surface area contributed by atoms with Gasteiger partial charge in [0, 0.05) is 76.0 Å². The topological polar surface area (TPSA) is 176 Å². The lowest BCUT2D eigenvalue weighted by molar-refractivity contribution is -0.130. The molecule has 3 amide bonds. The first-order valence-corrected chi connectivity index (χ1v) is 21.1. The number of nitrogens with zero attached hydrogens (tertiary/aromatic N) is 2. The summed E-state index contributed by atoms with van der Waals surface area (Å²) in [6.07, 6.45) is 2.46. The van der Waals surface area contributed by atoms with E-state index in [4.69, 9.17) is 4.74 Å². The first-order valence-electron chi connectivity index (χ1n) is 20.3. The summed E-state index contributed by atoms with van der Waals surface area (Å²) in [4.78, 5) is 56.6. The Labute approximate surface area is 347 Å². The number of ether oxygens (including phenoxy) is 1. The number of hydrogen-bond acceptors (Lipinski definition) is 10. The van der Waals surface area contributed by atoms with Crippen molar-refractivity contribution >= 4 is 50.8 Å². The molecular weight excluding hydrogens is 769 g/mol. The fourth-order valence-corrected chi connectivity index (χ4v) is 9.19. The van der Waals surface area contributed by atoms with Crippen molar-refractivity contribution < 1.29 is 29.3 Å². The largest absolute Gasteiger partial charge is 0.506 e. The van der Waals surface area contributed by atoms with E-state index in [0.29, 0.717) is 72.2 Å². The van der Waals surface area contributed by atoms with Gasteiger partial charge in [0.15, 0.2) is 0 Å². The predicted molar refractivity (Wildman–Crippen MR) is 230 cm³/mol. The number of carbonyl (C=O) groups is 3. The number of benzene rings is 4. The summed E-state index contributed by atoms with van der Waals surface area (Å²) in [6, 6.07) is 28.3. The standard InChI is InChI=1S/C45H52N6O7S/c1-50(21-8-7-13-40(54)47-33-16-14-29(15-17-33)25-46-26-39(53)36-18-19-38(52)42-43(36)59-45(57)49-42)41(55)20-22-51-27-31-23-34(24-32(31)28-51)58-44(56)48-37-12-6-5-11-35(37)30-9-3-2-4-10-30/h2-6,9-12,14-19,31-32,34,39,46,52-53H,7-8,13,20-28H2,1H3,(H,47,54)(H,48,56)(H,49,57)/t31-,32+,34?,39-/m0/s1. The van der Waals surface area contributed by atoms with E-state index in [2.05, 4.69) is 25.8 Å². The summed E-state index contributed by atoms with van der Waals surface area (Å²) in [5.74, 6) is 0.893. The number of hydrogen-bond donors (Lipinski definition) is 6. The summed E-state index contributed by atoms with van der Waals surface area (Å²) in [6.45, 7) is 3.85. The zero-order valence-corrected chi connectivity index (χ0v) is 34.0. The molecule has 0 spiro atoms. The summed E-state index contributed by atoms with van der Waals surface area (Å²) < 4.78 is 6.41. The van der Waals surface area contributed by atoms with Crippen molar-refractivity contribution in [1.29, 1.82) is 0 Å². The molecule has 4 atom stereocenters. The van der Waals surface area contributed by atoms with E-state index < -0.39 is 12.2 Å². The molecule has 1 saturated heterocycles. The SMILES string of the molecule is CN(CCCCC(=O)Nc1ccc(CNC[C@H](O)c2ccc(O)c3[nH]c(=O)sc23)cc1)C(=O)CCN1C[C@H]2CC(OC(=O)Nc3ccccc3-c3ccccc3)C[C@H]2C1. The number of fused-ring (bicyclic) bond motifs is 2. The molecule has 2 heterocycles. The zero-order valence-electron chi connectivity index (χ0n) is 33.2. The number of nitrogens with one attached hydrogen (secondary N) is 4. The molecule has 1 aromatic heterocycles. The number of para-hydroxylation sites is 1. The third kappa shape index (κ3) is 10.9. The van der Waals surface area contributed by atoms with Gasteiger partial charge in [0.05, 0.1) is 16.5 Å². The Bertz CT molecular complexity index is 2270. The Kier molecular flexibility index (Phi) is 13.7. The van der Waals surface area contributed by atoms with Gasteiger partial charge in [-0.05, 0) is 72.9 Å². The number of anilines is 2. The smallest absolute Gasteiger partial charge is 0.411 e. The fourth-order valence-electron chi connectivity index (χ4n) is 8.27. The molecule has 1 unspecified atom stereocenters. The van der Waals surface area contributed by atoms with Crippen LogP contribution in [0.2, 0.25) is 0 Å². The number of aromatic amines is 1. The van der Waals surface area contributed by atoms with E-state index in [-0.39, 0.29) is 35.1 Å². The number of phenols is 1. The number of rotatable bonds is 17. The number of thiazole rings is 1. The maximum Gasteiger partial charge on any atom is 0.411 e. The molecule has 0 bridgehead atoms. The molecule has 2 aliphatic rings. The van der Waals surface area contributed by atoms with Crippen LogP contribution in [-0.4, -0.2) is 88.8 Å². The van der Waals surface area contributed by atoms with Crippen LogP contribution in [0.3, 0.4) is 0 Å². The van der Waals surface area contributed by atoms with Crippen molar-refractivity contribution in [2.75, 3.05) is 50.4 Å². The van der Waals surface area contributed by atoms with Crippen LogP contribution in [0.5, 0.6) is 5.75 Å².